The van der Waals surface area contributed by atoms with Crippen LogP contribution in [0.3, 0.4) is 0 Å². The molecule has 1 heteroatoms. The second-order valence-corrected chi connectivity index (χ2v) is 6.03. The van der Waals surface area contributed by atoms with Crippen molar-refractivity contribution in [3.63, 3.8) is 0 Å². The summed E-state index contributed by atoms with van der Waals surface area (Å²) in [6.07, 6.45) is 0. The lowest BCUT2D eigenvalue weighted by molar-refractivity contribution is 0.752. The van der Waals surface area contributed by atoms with Gasteiger partial charge in [-0.1, -0.05) is 58.9 Å². The van der Waals surface area contributed by atoms with Crippen LogP contribution in [0.25, 0.3) is 0 Å². The molecule has 16 heavy (non-hydrogen) atoms. The minimum atomic E-state index is 0.573. The molecule has 0 N–H and O–H groups in total. The molecule has 0 fully saturated rings. The molecule has 0 spiro atoms. The average Bonchev–Trinajstić information content (AvgIpc) is 2.15. The van der Waals surface area contributed by atoms with Crippen molar-refractivity contribution >= 4 is 15.4 Å². The fourth-order valence-corrected chi connectivity index (χ4v) is 2.93. The van der Waals surface area contributed by atoms with Gasteiger partial charge in [0.15, 0.2) is 0 Å². The Labute approximate surface area is 104 Å². The highest BCUT2D eigenvalue weighted by atomic mass is 28.1. The molecule has 0 aromatic heterocycles. The zero-order chi connectivity index (χ0) is 12.5. The molecule has 87 valence electrons. The molecular weight excluding hydrogens is 208 g/mol. The van der Waals surface area contributed by atoms with Gasteiger partial charge in [0.25, 0.3) is 0 Å². The van der Waals surface area contributed by atoms with E-state index in [1.54, 1.807) is 0 Å². The quantitative estimate of drug-likeness (QED) is 0.693. The van der Waals surface area contributed by atoms with Crippen LogP contribution in [0.4, 0.5) is 0 Å². The Hall–Kier alpha value is -0.563. The largest absolute Gasteiger partial charge is 0.0715 e. The third kappa shape index (κ3) is 2.57. The zero-order valence-electron chi connectivity index (χ0n) is 11.4. The molecule has 1 aromatic carbocycles. The molecule has 0 saturated heterocycles. The van der Waals surface area contributed by atoms with E-state index >= 15 is 0 Å². The van der Waals surface area contributed by atoms with E-state index in [1.165, 1.54) is 21.9 Å². The Kier molecular flexibility index (Phi) is 4.37. The van der Waals surface area contributed by atoms with E-state index in [0.717, 1.165) is 0 Å². The summed E-state index contributed by atoms with van der Waals surface area (Å²) >= 11 is 0. The highest BCUT2D eigenvalue weighted by Gasteiger charge is 2.17. The van der Waals surface area contributed by atoms with Crippen LogP contribution in [0.5, 0.6) is 0 Å². The van der Waals surface area contributed by atoms with Gasteiger partial charge in [-0.15, -0.1) is 0 Å². The van der Waals surface area contributed by atoms with Gasteiger partial charge in [0.1, 0.15) is 0 Å². The van der Waals surface area contributed by atoms with Crippen LogP contribution >= 0.6 is 0 Å². The van der Waals surface area contributed by atoms with Gasteiger partial charge in [0, 0.05) is 0 Å². The minimum absolute atomic E-state index is 0.573. The maximum atomic E-state index is 3.75. The summed E-state index contributed by atoms with van der Waals surface area (Å²) in [7, 11) is 3.75. The summed E-state index contributed by atoms with van der Waals surface area (Å²) in [4.78, 5) is 0. The molecular formula is C15H23Si. The first-order valence-electron chi connectivity index (χ1n) is 6.24. The maximum Gasteiger partial charge on any atom is 0.0715 e. The van der Waals surface area contributed by atoms with Crippen LogP contribution in [-0.2, 0) is 0 Å². The van der Waals surface area contributed by atoms with Gasteiger partial charge in [0.05, 0.1) is 10.2 Å². The number of benzene rings is 1. The second-order valence-electron chi connectivity index (χ2n) is 5.49. The van der Waals surface area contributed by atoms with Crippen molar-refractivity contribution in [1.82, 2.24) is 0 Å². The van der Waals surface area contributed by atoms with Gasteiger partial charge in [0.2, 0.25) is 0 Å². The Balaban J connectivity index is 3.50. The third-order valence-corrected chi connectivity index (χ3v) is 3.53. The van der Waals surface area contributed by atoms with Crippen molar-refractivity contribution in [3.8, 4) is 0 Å². The Morgan fingerprint density at radius 2 is 1.25 bits per heavy atom. The lowest BCUT2D eigenvalue weighted by Crippen LogP contribution is -2.18. The first-order valence-corrected chi connectivity index (χ1v) is 6.74. The number of rotatable bonds is 3. The third-order valence-electron chi connectivity index (χ3n) is 3.10. The van der Waals surface area contributed by atoms with E-state index in [0.29, 0.717) is 17.8 Å². The molecule has 1 rings (SSSR count). The molecule has 0 nitrogen and oxygen atoms in total. The molecule has 3 radical (unpaired) electrons. The molecule has 0 aliphatic heterocycles. The monoisotopic (exact) mass is 231 g/mol. The summed E-state index contributed by atoms with van der Waals surface area (Å²) < 4.78 is 0. The molecule has 0 atom stereocenters. The lowest BCUT2D eigenvalue weighted by Gasteiger charge is -2.24. The molecule has 0 heterocycles. The van der Waals surface area contributed by atoms with Crippen LogP contribution in [0.1, 0.15) is 76.0 Å². The van der Waals surface area contributed by atoms with E-state index in [1.807, 2.05) is 0 Å². The van der Waals surface area contributed by atoms with Crippen molar-refractivity contribution in [2.45, 2.75) is 59.3 Å². The smallest absolute Gasteiger partial charge is 0.0637 e. The predicted octanol–water partition coefficient (Wildman–Crippen LogP) is 3.85. The molecule has 0 amide bonds. The lowest BCUT2D eigenvalue weighted by atomic mass is 9.83. The Bertz CT molecular complexity index is 362. The van der Waals surface area contributed by atoms with Gasteiger partial charge in [-0.05, 0) is 34.4 Å². The summed E-state index contributed by atoms with van der Waals surface area (Å²) in [6, 6.07) is 4.47. The molecule has 0 bridgehead atoms. The van der Waals surface area contributed by atoms with Crippen molar-refractivity contribution in [1.29, 1.82) is 0 Å². The van der Waals surface area contributed by atoms with E-state index in [-0.39, 0.29) is 0 Å². The van der Waals surface area contributed by atoms with E-state index in [9.17, 15) is 0 Å². The fraction of sp³-hybridized carbons (Fsp3) is 0.600. The molecule has 0 aliphatic rings. The minimum Gasteiger partial charge on any atom is -0.0637 e. The van der Waals surface area contributed by atoms with E-state index in [4.69, 9.17) is 0 Å². The van der Waals surface area contributed by atoms with E-state index in [2.05, 4.69) is 63.9 Å². The van der Waals surface area contributed by atoms with Crippen molar-refractivity contribution in [3.05, 3.63) is 28.8 Å². The summed E-state index contributed by atoms with van der Waals surface area (Å²) in [5, 5.41) is 1.25. The molecule has 0 saturated carbocycles. The summed E-state index contributed by atoms with van der Waals surface area (Å²) in [5.74, 6) is 1.76. The predicted molar refractivity (Wildman–Crippen MR) is 74.1 cm³/mol. The van der Waals surface area contributed by atoms with Gasteiger partial charge in [-0.3, -0.25) is 0 Å². The van der Waals surface area contributed by atoms with Gasteiger partial charge in [-0.2, -0.15) is 0 Å². The summed E-state index contributed by atoms with van der Waals surface area (Å²) in [5.41, 5.74) is 4.52. The first kappa shape index (κ1) is 13.5. The van der Waals surface area contributed by atoms with Crippen molar-refractivity contribution in [2.24, 2.45) is 0 Å². The van der Waals surface area contributed by atoms with Crippen LogP contribution in [0.2, 0.25) is 0 Å². The molecule has 0 unspecified atom stereocenters. The maximum absolute atomic E-state index is 3.75. The first-order chi connectivity index (χ1) is 7.36. The van der Waals surface area contributed by atoms with Crippen LogP contribution in [0, 0.1) is 0 Å². The fourth-order valence-electron chi connectivity index (χ4n) is 2.42. The number of hydrogen-bond donors (Lipinski definition) is 0. The van der Waals surface area contributed by atoms with Gasteiger partial charge in [-0.25, -0.2) is 0 Å². The Morgan fingerprint density at radius 1 is 0.750 bits per heavy atom. The van der Waals surface area contributed by atoms with Crippen LogP contribution in [0.15, 0.2) is 12.1 Å². The van der Waals surface area contributed by atoms with Crippen LogP contribution in [-0.4, -0.2) is 10.2 Å². The van der Waals surface area contributed by atoms with Crippen molar-refractivity contribution < 1.29 is 0 Å². The average molecular weight is 231 g/mol. The standard InChI is InChI=1S/C15H23Si/c1-9(2)12-7-8-13(16)15(11(5)6)14(12)10(3)4/h7-11H,1-6H3. The van der Waals surface area contributed by atoms with Crippen molar-refractivity contribution in [2.75, 3.05) is 0 Å². The van der Waals surface area contributed by atoms with E-state index < -0.39 is 0 Å². The molecule has 1 aromatic rings. The zero-order valence-corrected chi connectivity index (χ0v) is 12.4. The highest BCUT2D eigenvalue weighted by molar-refractivity contribution is 6.33. The normalized spacial score (nSPS) is 11.9. The Morgan fingerprint density at radius 3 is 1.62 bits per heavy atom. The molecule has 0 aliphatic carbocycles. The number of hydrogen-bond acceptors (Lipinski definition) is 0. The van der Waals surface area contributed by atoms with Gasteiger partial charge >= 0.3 is 0 Å². The topological polar surface area (TPSA) is 0 Å². The highest BCUT2D eigenvalue weighted by Crippen LogP contribution is 2.31. The SMILES string of the molecule is CC(C)c1ccc([Si])c(C(C)C)c1C(C)C. The van der Waals surface area contributed by atoms with Crippen LogP contribution < -0.4 is 5.19 Å². The van der Waals surface area contributed by atoms with Gasteiger partial charge < -0.3 is 0 Å². The second kappa shape index (κ2) is 5.18. The summed E-state index contributed by atoms with van der Waals surface area (Å²) in [6.45, 7) is 13.7.